The molecule has 0 bridgehead atoms. The number of anilines is 1. The molecule has 1 aromatic heterocycles. The number of likely N-dealkylation sites (N-methyl/N-ethyl adjacent to an activating group) is 1. The summed E-state index contributed by atoms with van der Waals surface area (Å²) in [6.45, 7) is 3.80. The predicted molar refractivity (Wildman–Crippen MR) is 63.6 cm³/mol. The normalized spacial score (nSPS) is 21.5. The molecule has 2 rings (SSSR count). The van der Waals surface area contributed by atoms with Crippen molar-refractivity contribution in [2.24, 2.45) is 0 Å². The molecule has 1 aliphatic rings. The molecular weight excluding hydrogens is 204 g/mol. The molecule has 1 N–H and O–H groups in total. The number of rotatable bonds is 5. The quantitative estimate of drug-likeness (QED) is 0.797. The molecule has 0 amide bonds. The number of nitrogens with one attached hydrogen (secondary N) is 1. The van der Waals surface area contributed by atoms with Gasteiger partial charge in [0.2, 0.25) is 0 Å². The molecule has 0 saturated carbocycles. The van der Waals surface area contributed by atoms with Crippen molar-refractivity contribution < 1.29 is 4.74 Å². The molecule has 16 heavy (non-hydrogen) atoms. The third-order valence-corrected chi connectivity index (χ3v) is 2.92. The molecule has 0 spiro atoms. The highest BCUT2D eigenvalue weighted by atomic mass is 16.5. The van der Waals surface area contributed by atoms with E-state index in [9.17, 15) is 0 Å². The third kappa shape index (κ3) is 2.96. The number of aromatic nitrogens is 2. The Hall–Kier alpha value is -1.07. The van der Waals surface area contributed by atoms with Crippen molar-refractivity contribution in [1.82, 2.24) is 14.7 Å². The zero-order valence-electron chi connectivity index (χ0n) is 10.0. The van der Waals surface area contributed by atoms with E-state index < -0.39 is 0 Å². The van der Waals surface area contributed by atoms with Gasteiger partial charge in [-0.2, -0.15) is 5.10 Å². The Morgan fingerprint density at radius 3 is 3.19 bits per heavy atom. The van der Waals surface area contributed by atoms with Crippen molar-refractivity contribution in [2.45, 2.75) is 19.0 Å². The molecule has 2 heterocycles. The number of hydrogen-bond acceptors (Lipinski definition) is 4. The minimum atomic E-state index is 0.560. The molecular formula is C11H20N4O. The lowest BCUT2D eigenvalue weighted by atomic mass is 10.2. The molecule has 0 radical (unpaired) electrons. The Morgan fingerprint density at radius 2 is 2.50 bits per heavy atom. The molecule has 0 aliphatic carbocycles. The SMILES string of the molecule is COCCn1cc(NC2CCN(C)C2)cn1. The molecule has 1 aliphatic heterocycles. The van der Waals surface area contributed by atoms with Crippen molar-refractivity contribution in [3.8, 4) is 0 Å². The molecule has 0 aromatic carbocycles. The lowest BCUT2D eigenvalue weighted by Gasteiger charge is -2.11. The van der Waals surface area contributed by atoms with Gasteiger partial charge in [0.1, 0.15) is 0 Å². The van der Waals surface area contributed by atoms with Gasteiger partial charge in [-0.05, 0) is 20.0 Å². The number of hydrogen-bond donors (Lipinski definition) is 1. The van der Waals surface area contributed by atoms with Crippen molar-refractivity contribution in [1.29, 1.82) is 0 Å². The molecule has 1 saturated heterocycles. The second-order valence-corrected chi connectivity index (χ2v) is 4.38. The van der Waals surface area contributed by atoms with Crippen LogP contribution in [0, 0.1) is 0 Å². The number of likely N-dealkylation sites (tertiary alicyclic amines) is 1. The molecule has 90 valence electrons. The lowest BCUT2D eigenvalue weighted by molar-refractivity contribution is 0.183. The highest BCUT2D eigenvalue weighted by Gasteiger charge is 2.19. The Balaban J connectivity index is 1.83. The van der Waals surface area contributed by atoms with Gasteiger partial charge in [-0.15, -0.1) is 0 Å². The van der Waals surface area contributed by atoms with Crippen LogP contribution in [0.25, 0.3) is 0 Å². The van der Waals surface area contributed by atoms with Gasteiger partial charge in [0.25, 0.3) is 0 Å². The second-order valence-electron chi connectivity index (χ2n) is 4.38. The van der Waals surface area contributed by atoms with Gasteiger partial charge >= 0.3 is 0 Å². The van der Waals surface area contributed by atoms with E-state index >= 15 is 0 Å². The average molecular weight is 224 g/mol. The third-order valence-electron chi connectivity index (χ3n) is 2.92. The van der Waals surface area contributed by atoms with Gasteiger partial charge in [-0.1, -0.05) is 0 Å². The fourth-order valence-corrected chi connectivity index (χ4v) is 2.03. The van der Waals surface area contributed by atoms with Gasteiger partial charge in [0.05, 0.1) is 25.0 Å². The monoisotopic (exact) mass is 224 g/mol. The number of ether oxygens (including phenoxy) is 1. The first-order valence-corrected chi connectivity index (χ1v) is 5.74. The standard InChI is InChI=1S/C11H20N4O/c1-14-4-3-10(8-14)13-11-7-12-15(9-11)5-6-16-2/h7,9-10,13H,3-6,8H2,1-2H3. The van der Waals surface area contributed by atoms with E-state index in [1.165, 1.54) is 13.0 Å². The van der Waals surface area contributed by atoms with Gasteiger partial charge in [0, 0.05) is 25.9 Å². The zero-order chi connectivity index (χ0) is 11.4. The van der Waals surface area contributed by atoms with Crippen LogP contribution in [0.5, 0.6) is 0 Å². The van der Waals surface area contributed by atoms with Crippen molar-refractivity contribution in [2.75, 3.05) is 39.2 Å². The topological polar surface area (TPSA) is 42.3 Å². The summed E-state index contributed by atoms with van der Waals surface area (Å²) in [5.41, 5.74) is 1.11. The van der Waals surface area contributed by atoms with E-state index in [1.807, 2.05) is 17.1 Å². The van der Waals surface area contributed by atoms with Crippen LogP contribution in [0.15, 0.2) is 12.4 Å². The van der Waals surface area contributed by atoms with Crippen molar-refractivity contribution in [3.05, 3.63) is 12.4 Å². The molecule has 1 fully saturated rings. The van der Waals surface area contributed by atoms with Crippen LogP contribution in [0.2, 0.25) is 0 Å². The van der Waals surface area contributed by atoms with Gasteiger partial charge < -0.3 is 15.0 Å². The Labute approximate surface area is 96.4 Å². The first-order chi connectivity index (χ1) is 7.78. The summed E-state index contributed by atoms with van der Waals surface area (Å²) in [6, 6.07) is 0.560. The van der Waals surface area contributed by atoms with E-state index in [2.05, 4.69) is 22.4 Å². The molecule has 1 unspecified atom stereocenters. The second kappa shape index (κ2) is 5.32. The molecule has 5 heteroatoms. The van der Waals surface area contributed by atoms with Crippen LogP contribution in [-0.2, 0) is 11.3 Å². The maximum Gasteiger partial charge on any atom is 0.0729 e. The first-order valence-electron chi connectivity index (χ1n) is 5.74. The van der Waals surface area contributed by atoms with Gasteiger partial charge in [0.15, 0.2) is 0 Å². The largest absolute Gasteiger partial charge is 0.383 e. The average Bonchev–Trinajstić information content (AvgIpc) is 2.86. The highest BCUT2D eigenvalue weighted by Crippen LogP contribution is 2.13. The minimum Gasteiger partial charge on any atom is -0.383 e. The van der Waals surface area contributed by atoms with Crippen LogP contribution in [0.3, 0.4) is 0 Å². The maximum absolute atomic E-state index is 5.01. The predicted octanol–water partition coefficient (Wildman–Crippen LogP) is 0.645. The summed E-state index contributed by atoms with van der Waals surface area (Å²) in [4.78, 5) is 2.34. The van der Waals surface area contributed by atoms with E-state index in [1.54, 1.807) is 7.11 Å². The minimum absolute atomic E-state index is 0.560. The highest BCUT2D eigenvalue weighted by molar-refractivity contribution is 5.39. The van der Waals surface area contributed by atoms with Crippen LogP contribution in [0.1, 0.15) is 6.42 Å². The fourth-order valence-electron chi connectivity index (χ4n) is 2.03. The summed E-state index contributed by atoms with van der Waals surface area (Å²) in [7, 11) is 3.86. The first kappa shape index (κ1) is 11.4. The van der Waals surface area contributed by atoms with Crippen LogP contribution in [0.4, 0.5) is 5.69 Å². The Kier molecular flexibility index (Phi) is 3.79. The van der Waals surface area contributed by atoms with Crippen LogP contribution < -0.4 is 5.32 Å². The van der Waals surface area contributed by atoms with Crippen LogP contribution >= 0.6 is 0 Å². The summed E-state index contributed by atoms with van der Waals surface area (Å²) >= 11 is 0. The van der Waals surface area contributed by atoms with Crippen molar-refractivity contribution in [3.63, 3.8) is 0 Å². The number of nitrogens with zero attached hydrogens (tertiary/aromatic N) is 3. The maximum atomic E-state index is 5.01. The summed E-state index contributed by atoms with van der Waals surface area (Å²) in [5, 5.41) is 7.78. The Bertz CT molecular complexity index is 326. The summed E-state index contributed by atoms with van der Waals surface area (Å²) in [5.74, 6) is 0. The van der Waals surface area contributed by atoms with Gasteiger partial charge in [-0.3, -0.25) is 4.68 Å². The van der Waals surface area contributed by atoms with Crippen molar-refractivity contribution >= 4 is 5.69 Å². The Morgan fingerprint density at radius 1 is 1.62 bits per heavy atom. The van der Waals surface area contributed by atoms with E-state index in [4.69, 9.17) is 4.74 Å². The smallest absolute Gasteiger partial charge is 0.0729 e. The van der Waals surface area contributed by atoms with E-state index in [-0.39, 0.29) is 0 Å². The summed E-state index contributed by atoms with van der Waals surface area (Å²) < 4.78 is 6.92. The van der Waals surface area contributed by atoms with Gasteiger partial charge in [-0.25, -0.2) is 0 Å². The fraction of sp³-hybridized carbons (Fsp3) is 0.727. The molecule has 5 nitrogen and oxygen atoms in total. The van der Waals surface area contributed by atoms with E-state index in [0.29, 0.717) is 12.6 Å². The van der Waals surface area contributed by atoms with Crippen LogP contribution in [-0.4, -0.2) is 54.6 Å². The molecule has 1 atom stereocenters. The molecule has 1 aromatic rings. The van der Waals surface area contributed by atoms with E-state index in [0.717, 1.165) is 18.8 Å². The summed E-state index contributed by atoms with van der Waals surface area (Å²) in [6.07, 6.45) is 5.13. The number of methoxy groups -OCH3 is 1. The lowest BCUT2D eigenvalue weighted by Crippen LogP contribution is -2.23. The zero-order valence-corrected chi connectivity index (χ0v) is 10.0.